The van der Waals surface area contributed by atoms with Crippen LogP contribution in [0.2, 0.25) is 0 Å². The van der Waals surface area contributed by atoms with Gasteiger partial charge < -0.3 is 15.0 Å². The predicted molar refractivity (Wildman–Crippen MR) is 128 cm³/mol. The summed E-state index contributed by atoms with van der Waals surface area (Å²) in [6, 6.07) is 34.0. The molecule has 1 aromatic heterocycles. The van der Waals surface area contributed by atoms with Crippen molar-refractivity contribution >= 4 is 21.7 Å². The Morgan fingerprint density at radius 3 is 2.52 bits per heavy atom. The van der Waals surface area contributed by atoms with E-state index in [1.54, 1.807) is 0 Å². The van der Waals surface area contributed by atoms with Gasteiger partial charge in [0, 0.05) is 29.2 Å². The van der Waals surface area contributed by atoms with Crippen LogP contribution in [-0.4, -0.2) is 4.98 Å². The summed E-state index contributed by atoms with van der Waals surface area (Å²) < 4.78 is 5.98. The number of aromatic amines is 1. The first-order chi connectivity index (χ1) is 15.3. The van der Waals surface area contributed by atoms with Gasteiger partial charge in [0.25, 0.3) is 0 Å². The molecule has 5 aromatic rings. The molecule has 5 rings (SSSR count). The van der Waals surface area contributed by atoms with Gasteiger partial charge in [-0.05, 0) is 53.1 Å². The number of nitrogens with one attached hydrogen (secondary N) is 2. The van der Waals surface area contributed by atoms with E-state index in [9.17, 15) is 0 Å². The molecule has 0 aliphatic rings. The monoisotopic (exact) mass is 406 g/mol. The zero-order valence-electron chi connectivity index (χ0n) is 17.6. The third-order valence-corrected chi connectivity index (χ3v) is 5.78. The van der Waals surface area contributed by atoms with E-state index in [1.165, 1.54) is 33.0 Å². The summed E-state index contributed by atoms with van der Waals surface area (Å²) in [5.74, 6) is 0.888. The van der Waals surface area contributed by atoms with Crippen LogP contribution in [0, 0.1) is 0 Å². The van der Waals surface area contributed by atoms with Gasteiger partial charge in [-0.1, -0.05) is 72.8 Å². The van der Waals surface area contributed by atoms with Gasteiger partial charge >= 0.3 is 0 Å². The SMILES string of the molecule is C[C@@H](NCc1cc2cc(OCc3ccccc3)ccc2[nH]1)c1cccc2ccccc12. The molecule has 3 heteroatoms. The number of benzene rings is 4. The number of hydrogen-bond donors (Lipinski definition) is 2. The highest BCUT2D eigenvalue weighted by Crippen LogP contribution is 2.25. The van der Waals surface area contributed by atoms with Crippen molar-refractivity contribution in [2.24, 2.45) is 0 Å². The molecule has 31 heavy (non-hydrogen) atoms. The van der Waals surface area contributed by atoms with E-state index in [4.69, 9.17) is 4.74 Å². The largest absolute Gasteiger partial charge is 0.489 e. The van der Waals surface area contributed by atoms with Gasteiger partial charge in [0.2, 0.25) is 0 Å². The smallest absolute Gasteiger partial charge is 0.120 e. The average Bonchev–Trinajstić information content (AvgIpc) is 3.24. The predicted octanol–water partition coefficient (Wildman–Crippen LogP) is 6.75. The highest BCUT2D eigenvalue weighted by molar-refractivity contribution is 5.86. The van der Waals surface area contributed by atoms with Gasteiger partial charge in [-0.3, -0.25) is 0 Å². The molecule has 4 aromatic carbocycles. The molecule has 0 saturated heterocycles. The molecular formula is C28H26N2O. The summed E-state index contributed by atoms with van der Waals surface area (Å²) in [5, 5.41) is 7.42. The molecule has 0 aliphatic heterocycles. The average molecular weight is 407 g/mol. The fourth-order valence-corrected chi connectivity index (χ4v) is 4.10. The Morgan fingerprint density at radius 2 is 1.61 bits per heavy atom. The minimum Gasteiger partial charge on any atom is -0.489 e. The lowest BCUT2D eigenvalue weighted by Gasteiger charge is -2.16. The maximum absolute atomic E-state index is 5.98. The van der Waals surface area contributed by atoms with Crippen LogP contribution in [0.15, 0.2) is 97.1 Å². The van der Waals surface area contributed by atoms with Gasteiger partial charge in [0.1, 0.15) is 12.4 Å². The zero-order chi connectivity index (χ0) is 21.0. The number of H-pyrrole nitrogens is 1. The minimum atomic E-state index is 0.252. The maximum Gasteiger partial charge on any atom is 0.120 e. The Labute approximate surface area is 182 Å². The van der Waals surface area contributed by atoms with E-state index in [0.717, 1.165) is 17.8 Å². The maximum atomic E-state index is 5.98. The molecule has 1 heterocycles. The Hall–Kier alpha value is -3.56. The van der Waals surface area contributed by atoms with Crippen LogP contribution >= 0.6 is 0 Å². The number of fused-ring (bicyclic) bond motifs is 2. The summed E-state index contributed by atoms with van der Waals surface area (Å²) in [4.78, 5) is 3.52. The summed E-state index contributed by atoms with van der Waals surface area (Å²) in [6.07, 6.45) is 0. The lowest BCUT2D eigenvalue weighted by molar-refractivity contribution is 0.306. The zero-order valence-corrected chi connectivity index (χ0v) is 17.6. The summed E-state index contributed by atoms with van der Waals surface area (Å²) >= 11 is 0. The van der Waals surface area contributed by atoms with Crippen molar-refractivity contribution in [2.75, 3.05) is 0 Å². The second kappa shape index (κ2) is 8.66. The molecule has 0 aliphatic carbocycles. The van der Waals surface area contributed by atoms with Crippen molar-refractivity contribution < 1.29 is 4.74 Å². The number of aromatic nitrogens is 1. The first-order valence-corrected chi connectivity index (χ1v) is 10.8. The van der Waals surface area contributed by atoms with E-state index in [-0.39, 0.29) is 6.04 Å². The molecule has 2 N–H and O–H groups in total. The van der Waals surface area contributed by atoms with Crippen LogP contribution in [-0.2, 0) is 13.2 Å². The fraction of sp³-hybridized carbons (Fsp3) is 0.143. The molecular weight excluding hydrogens is 380 g/mol. The minimum absolute atomic E-state index is 0.252. The molecule has 0 amide bonds. The normalized spacial score (nSPS) is 12.3. The van der Waals surface area contributed by atoms with Crippen LogP contribution in [0.25, 0.3) is 21.7 Å². The van der Waals surface area contributed by atoms with Crippen molar-refractivity contribution in [3.63, 3.8) is 0 Å². The van der Waals surface area contributed by atoms with Crippen molar-refractivity contribution in [1.82, 2.24) is 10.3 Å². The molecule has 154 valence electrons. The van der Waals surface area contributed by atoms with Crippen LogP contribution < -0.4 is 10.1 Å². The standard InChI is InChI=1S/C28H26N2O/c1-20(26-13-7-11-22-10-5-6-12-27(22)26)29-18-24-16-23-17-25(14-15-28(23)30-24)31-19-21-8-3-2-4-9-21/h2-17,20,29-30H,18-19H2,1H3/t20-/m1/s1. The molecule has 0 radical (unpaired) electrons. The molecule has 1 atom stereocenters. The topological polar surface area (TPSA) is 37.0 Å². The van der Waals surface area contributed by atoms with Gasteiger partial charge in [-0.15, -0.1) is 0 Å². The molecule has 0 unspecified atom stereocenters. The highest BCUT2D eigenvalue weighted by Gasteiger charge is 2.10. The van der Waals surface area contributed by atoms with Gasteiger partial charge in [-0.25, -0.2) is 0 Å². The fourth-order valence-electron chi connectivity index (χ4n) is 4.10. The molecule has 0 spiro atoms. The van der Waals surface area contributed by atoms with E-state index in [2.05, 4.69) is 90.0 Å². The van der Waals surface area contributed by atoms with E-state index >= 15 is 0 Å². The Balaban J connectivity index is 1.27. The second-order valence-electron chi connectivity index (χ2n) is 7.99. The van der Waals surface area contributed by atoms with E-state index in [1.807, 2.05) is 24.3 Å². The van der Waals surface area contributed by atoms with Crippen molar-refractivity contribution in [3.05, 3.63) is 114 Å². The van der Waals surface area contributed by atoms with Crippen molar-refractivity contribution in [3.8, 4) is 5.75 Å². The van der Waals surface area contributed by atoms with Crippen LogP contribution in [0.1, 0.15) is 29.8 Å². The van der Waals surface area contributed by atoms with Crippen LogP contribution in [0.4, 0.5) is 0 Å². The quantitative estimate of drug-likeness (QED) is 0.314. The summed E-state index contributed by atoms with van der Waals surface area (Å²) in [7, 11) is 0. The molecule has 0 fully saturated rings. The highest BCUT2D eigenvalue weighted by atomic mass is 16.5. The van der Waals surface area contributed by atoms with Gasteiger partial charge in [0.05, 0.1) is 0 Å². The van der Waals surface area contributed by atoms with Crippen LogP contribution in [0.5, 0.6) is 5.75 Å². The lowest BCUT2D eigenvalue weighted by atomic mass is 10.00. The number of ether oxygens (including phenoxy) is 1. The molecule has 0 saturated carbocycles. The third-order valence-electron chi connectivity index (χ3n) is 5.78. The number of hydrogen-bond acceptors (Lipinski definition) is 2. The first-order valence-electron chi connectivity index (χ1n) is 10.8. The van der Waals surface area contributed by atoms with Gasteiger partial charge in [0.15, 0.2) is 0 Å². The van der Waals surface area contributed by atoms with Crippen LogP contribution in [0.3, 0.4) is 0 Å². The van der Waals surface area contributed by atoms with Gasteiger partial charge in [-0.2, -0.15) is 0 Å². The Morgan fingerprint density at radius 1 is 0.806 bits per heavy atom. The van der Waals surface area contributed by atoms with Crippen molar-refractivity contribution in [1.29, 1.82) is 0 Å². The Kier molecular flexibility index (Phi) is 5.42. The summed E-state index contributed by atoms with van der Waals surface area (Å²) in [6.45, 7) is 3.58. The second-order valence-corrected chi connectivity index (χ2v) is 7.99. The lowest BCUT2D eigenvalue weighted by Crippen LogP contribution is -2.18. The van der Waals surface area contributed by atoms with Crippen molar-refractivity contribution in [2.45, 2.75) is 26.1 Å². The number of rotatable bonds is 7. The van der Waals surface area contributed by atoms with E-state index in [0.29, 0.717) is 6.61 Å². The molecule has 0 bridgehead atoms. The van der Waals surface area contributed by atoms with E-state index < -0.39 is 0 Å². The third kappa shape index (κ3) is 4.32. The first kappa shape index (κ1) is 19.4. The summed E-state index contributed by atoms with van der Waals surface area (Å²) in [5.41, 5.74) is 4.79. The molecule has 3 nitrogen and oxygen atoms in total. The Bertz CT molecular complexity index is 1300.